The fraction of sp³-hybridized carbons (Fsp3) is 0.200. The molecule has 0 saturated carbocycles. The molecular formula is C10H6F4O5. The number of aliphatic hydroxyl groups excluding tert-OH is 1. The third-order valence-corrected chi connectivity index (χ3v) is 2.21. The summed E-state index contributed by atoms with van der Waals surface area (Å²) in [5.41, 5.74) is -3.53. The summed E-state index contributed by atoms with van der Waals surface area (Å²) in [4.78, 5) is 21.3. The largest absolute Gasteiger partial charge is 0.477 e. The van der Waals surface area contributed by atoms with E-state index in [1.165, 1.54) is 0 Å². The first-order valence-corrected chi connectivity index (χ1v) is 4.59. The quantitative estimate of drug-likeness (QED) is 0.493. The molecule has 1 atom stereocenters. The molecule has 0 aliphatic carbocycles. The van der Waals surface area contributed by atoms with Crippen molar-refractivity contribution in [1.82, 2.24) is 0 Å². The molecule has 5 nitrogen and oxygen atoms in total. The van der Waals surface area contributed by atoms with Crippen LogP contribution in [0.5, 0.6) is 0 Å². The van der Waals surface area contributed by atoms with Gasteiger partial charge in [0.1, 0.15) is 5.56 Å². The van der Waals surface area contributed by atoms with Crippen molar-refractivity contribution in [3.8, 4) is 0 Å². The van der Waals surface area contributed by atoms with Crippen LogP contribution < -0.4 is 0 Å². The summed E-state index contributed by atoms with van der Waals surface area (Å²) < 4.78 is 57.3. The maximum absolute atomic E-state index is 13.4. The molecule has 0 saturated heterocycles. The number of carboxylic acids is 1. The minimum absolute atomic E-state index is 0.764. The van der Waals surface area contributed by atoms with Gasteiger partial charge < -0.3 is 14.9 Å². The summed E-state index contributed by atoms with van der Waals surface area (Å²) in [6.07, 6.45) is -2.63. The zero-order valence-corrected chi connectivity index (χ0v) is 9.21. The van der Waals surface area contributed by atoms with E-state index in [0.29, 0.717) is 0 Å². The van der Waals surface area contributed by atoms with Crippen molar-refractivity contribution in [2.24, 2.45) is 0 Å². The molecule has 0 spiro atoms. The number of halogens is 4. The van der Waals surface area contributed by atoms with Crippen LogP contribution >= 0.6 is 0 Å². The van der Waals surface area contributed by atoms with Gasteiger partial charge in [0.25, 0.3) is 0 Å². The Morgan fingerprint density at radius 1 is 1.05 bits per heavy atom. The predicted molar refractivity (Wildman–Crippen MR) is 50.2 cm³/mol. The molecular weight excluding hydrogens is 276 g/mol. The van der Waals surface area contributed by atoms with E-state index in [1.807, 2.05) is 0 Å². The lowest BCUT2D eigenvalue weighted by Crippen LogP contribution is -2.20. The van der Waals surface area contributed by atoms with Crippen molar-refractivity contribution in [2.45, 2.75) is 6.10 Å². The molecule has 0 aliphatic rings. The Labute approximate surface area is 103 Å². The lowest BCUT2D eigenvalue weighted by Gasteiger charge is -2.13. The van der Waals surface area contributed by atoms with Crippen LogP contribution in [0.25, 0.3) is 0 Å². The summed E-state index contributed by atoms with van der Waals surface area (Å²) >= 11 is 0. The number of carbonyl (C=O) groups is 2. The molecule has 0 fully saturated rings. The van der Waals surface area contributed by atoms with Crippen molar-refractivity contribution in [2.75, 3.05) is 7.11 Å². The van der Waals surface area contributed by atoms with Crippen molar-refractivity contribution in [3.63, 3.8) is 0 Å². The summed E-state index contributed by atoms with van der Waals surface area (Å²) in [5, 5.41) is 17.6. The average molecular weight is 282 g/mol. The minimum atomic E-state index is -2.63. The monoisotopic (exact) mass is 282 g/mol. The first kappa shape index (κ1) is 14.9. The predicted octanol–water partition coefficient (Wildman–Crippen LogP) is 1.15. The van der Waals surface area contributed by atoms with Crippen molar-refractivity contribution in [3.05, 3.63) is 34.4 Å². The van der Waals surface area contributed by atoms with Gasteiger partial charge in [0.05, 0.1) is 12.7 Å². The van der Waals surface area contributed by atoms with Gasteiger partial charge in [-0.3, -0.25) is 0 Å². The highest BCUT2D eigenvalue weighted by atomic mass is 19.2. The maximum Gasteiger partial charge on any atom is 0.341 e. The number of methoxy groups -OCH3 is 1. The minimum Gasteiger partial charge on any atom is -0.477 e. The van der Waals surface area contributed by atoms with E-state index in [4.69, 9.17) is 5.11 Å². The van der Waals surface area contributed by atoms with Crippen LogP contribution in [-0.4, -0.2) is 29.3 Å². The number of aromatic carboxylic acids is 1. The number of hydrogen-bond acceptors (Lipinski definition) is 4. The summed E-state index contributed by atoms with van der Waals surface area (Å²) in [6.45, 7) is 0. The van der Waals surface area contributed by atoms with E-state index >= 15 is 0 Å². The van der Waals surface area contributed by atoms with Crippen molar-refractivity contribution in [1.29, 1.82) is 0 Å². The molecule has 1 unspecified atom stereocenters. The van der Waals surface area contributed by atoms with Crippen molar-refractivity contribution < 1.29 is 42.1 Å². The van der Waals surface area contributed by atoms with Crippen LogP contribution in [0.2, 0.25) is 0 Å². The Kier molecular flexibility index (Phi) is 4.10. The van der Waals surface area contributed by atoms with Gasteiger partial charge in [-0.1, -0.05) is 0 Å². The Balaban J connectivity index is 3.61. The maximum atomic E-state index is 13.4. The standard InChI is InChI=1S/C10H6F4O5/c1-19-10(18)8(15)2-4(11)6(13)3(9(16)17)7(14)5(2)12/h8,15H,1H3,(H,16,17). The molecule has 9 heteroatoms. The third-order valence-electron chi connectivity index (χ3n) is 2.21. The molecule has 0 bridgehead atoms. The van der Waals surface area contributed by atoms with Crippen LogP contribution in [0.4, 0.5) is 17.6 Å². The van der Waals surface area contributed by atoms with E-state index < -0.39 is 52.4 Å². The molecule has 19 heavy (non-hydrogen) atoms. The van der Waals surface area contributed by atoms with Crippen LogP contribution in [0.15, 0.2) is 0 Å². The lowest BCUT2D eigenvalue weighted by molar-refractivity contribution is -0.151. The van der Waals surface area contributed by atoms with E-state index in [-0.39, 0.29) is 0 Å². The average Bonchev–Trinajstić information content (AvgIpc) is 2.35. The SMILES string of the molecule is COC(=O)C(O)c1c(F)c(F)c(C(=O)O)c(F)c1F. The second-order valence-electron chi connectivity index (χ2n) is 3.28. The highest BCUT2D eigenvalue weighted by molar-refractivity contribution is 5.88. The van der Waals surface area contributed by atoms with Gasteiger partial charge >= 0.3 is 11.9 Å². The van der Waals surface area contributed by atoms with Gasteiger partial charge in [0.2, 0.25) is 0 Å². The number of benzene rings is 1. The molecule has 104 valence electrons. The number of carboxylic acid groups (broad SMARTS) is 1. The van der Waals surface area contributed by atoms with E-state index in [2.05, 4.69) is 4.74 Å². The zero-order chi connectivity index (χ0) is 14.9. The van der Waals surface area contributed by atoms with Crippen LogP contribution in [0, 0.1) is 23.3 Å². The number of esters is 1. The van der Waals surface area contributed by atoms with E-state index in [0.717, 1.165) is 7.11 Å². The van der Waals surface area contributed by atoms with Crippen LogP contribution in [0.1, 0.15) is 22.0 Å². The van der Waals surface area contributed by atoms with E-state index in [9.17, 15) is 32.3 Å². The summed E-state index contributed by atoms with van der Waals surface area (Å²) in [7, 11) is 0.764. The number of aliphatic hydroxyl groups is 1. The van der Waals surface area contributed by atoms with Gasteiger partial charge in [-0.05, 0) is 0 Å². The molecule has 2 N–H and O–H groups in total. The molecule has 1 aromatic rings. The molecule has 0 aromatic heterocycles. The number of hydrogen-bond donors (Lipinski definition) is 2. The smallest absolute Gasteiger partial charge is 0.341 e. The van der Waals surface area contributed by atoms with Crippen molar-refractivity contribution >= 4 is 11.9 Å². The fourth-order valence-corrected chi connectivity index (χ4v) is 1.31. The molecule has 0 heterocycles. The first-order chi connectivity index (χ1) is 8.73. The second kappa shape index (κ2) is 5.22. The lowest BCUT2D eigenvalue weighted by atomic mass is 10.0. The fourth-order valence-electron chi connectivity index (χ4n) is 1.31. The first-order valence-electron chi connectivity index (χ1n) is 4.59. The summed E-state index contributed by atoms with van der Waals surface area (Å²) in [6, 6.07) is 0. The Hall–Kier alpha value is -2.16. The van der Waals surface area contributed by atoms with Crippen LogP contribution in [-0.2, 0) is 9.53 Å². The zero-order valence-electron chi connectivity index (χ0n) is 9.21. The molecule has 0 aliphatic heterocycles. The third kappa shape index (κ3) is 2.36. The van der Waals surface area contributed by atoms with E-state index in [1.54, 1.807) is 0 Å². The Morgan fingerprint density at radius 2 is 1.47 bits per heavy atom. The molecule has 1 rings (SSSR count). The molecule has 0 amide bonds. The second-order valence-corrected chi connectivity index (χ2v) is 3.28. The normalized spacial score (nSPS) is 12.1. The Morgan fingerprint density at radius 3 is 1.79 bits per heavy atom. The number of carbonyl (C=O) groups excluding carboxylic acids is 1. The highest BCUT2D eigenvalue weighted by Gasteiger charge is 2.35. The topological polar surface area (TPSA) is 83.8 Å². The number of rotatable bonds is 3. The van der Waals surface area contributed by atoms with Gasteiger partial charge in [-0.25, -0.2) is 27.2 Å². The Bertz CT molecular complexity index is 528. The van der Waals surface area contributed by atoms with Gasteiger partial charge in [0.15, 0.2) is 29.4 Å². The summed E-state index contributed by atoms with van der Waals surface area (Å²) in [5.74, 6) is -12.6. The molecule has 1 aromatic carbocycles. The van der Waals surface area contributed by atoms with Gasteiger partial charge in [-0.15, -0.1) is 0 Å². The molecule has 0 radical (unpaired) electrons. The van der Waals surface area contributed by atoms with Gasteiger partial charge in [0, 0.05) is 0 Å². The van der Waals surface area contributed by atoms with Gasteiger partial charge in [-0.2, -0.15) is 0 Å². The number of ether oxygens (including phenoxy) is 1. The highest BCUT2D eigenvalue weighted by Crippen LogP contribution is 2.29. The van der Waals surface area contributed by atoms with Crippen LogP contribution in [0.3, 0.4) is 0 Å².